The molecule has 1 atom stereocenters. The van der Waals surface area contributed by atoms with Crippen molar-refractivity contribution in [2.24, 2.45) is 0 Å². The van der Waals surface area contributed by atoms with Gasteiger partial charge in [0.05, 0.1) is 0 Å². The number of rotatable bonds is 7. The van der Waals surface area contributed by atoms with E-state index in [1.165, 1.54) is 26.2 Å². The zero-order chi connectivity index (χ0) is 15.2. The smallest absolute Gasteiger partial charge is 0.254 e. The first kappa shape index (κ1) is 15.5. The topological polar surface area (TPSA) is 49.4 Å². The second-order valence-corrected chi connectivity index (χ2v) is 5.60. The molecule has 1 N–H and O–H groups in total. The number of hydrogen-bond donors (Lipinski definition) is 1. The Morgan fingerprint density at radius 1 is 1.19 bits per heavy atom. The fourth-order valence-electron chi connectivity index (χ4n) is 2.83. The van der Waals surface area contributed by atoms with Crippen LogP contribution in [0, 0.1) is 0 Å². The van der Waals surface area contributed by atoms with Crippen molar-refractivity contribution in [1.82, 2.24) is 5.32 Å². The molecule has 0 saturated carbocycles. The number of fused-ring (bicyclic) bond motifs is 1. The van der Waals surface area contributed by atoms with Gasteiger partial charge in [0, 0.05) is 24.7 Å². The Kier molecular flexibility index (Phi) is 5.37. The normalized spacial score (nSPS) is 17.0. The third kappa shape index (κ3) is 3.63. The summed E-state index contributed by atoms with van der Waals surface area (Å²) in [5, 5.41) is 2.76. The Hall–Kier alpha value is -1.84. The lowest BCUT2D eigenvalue weighted by Gasteiger charge is -2.18. The molecule has 2 amide bonds. The number of nitrogens with zero attached hydrogens (tertiary/aromatic N) is 1. The Labute approximate surface area is 126 Å². The predicted octanol–water partition coefficient (Wildman–Crippen LogP) is 3.18. The van der Waals surface area contributed by atoms with Crippen molar-refractivity contribution in [3.63, 3.8) is 0 Å². The number of carbonyl (C=O) groups excluding carboxylic acids is 2. The molecule has 1 aromatic rings. The summed E-state index contributed by atoms with van der Waals surface area (Å²) in [5.74, 6) is -0.185. The van der Waals surface area contributed by atoms with E-state index in [1.807, 2.05) is 29.2 Å². The van der Waals surface area contributed by atoms with Gasteiger partial charge in [-0.05, 0) is 12.5 Å². The summed E-state index contributed by atoms with van der Waals surface area (Å²) in [5.41, 5.74) is 1.85. The second-order valence-electron chi connectivity index (χ2n) is 5.60. The number of carbonyl (C=O) groups is 2. The molecule has 21 heavy (non-hydrogen) atoms. The first-order valence-electron chi connectivity index (χ1n) is 7.82. The Morgan fingerprint density at radius 2 is 1.90 bits per heavy atom. The third-order valence-electron chi connectivity index (χ3n) is 3.88. The van der Waals surface area contributed by atoms with Crippen LogP contribution in [0.3, 0.4) is 0 Å². The van der Waals surface area contributed by atoms with E-state index in [4.69, 9.17) is 0 Å². The first-order chi connectivity index (χ1) is 10.1. The highest BCUT2D eigenvalue weighted by Crippen LogP contribution is 2.35. The standard InChI is InChI=1S/C17H24N2O2/c1-3-4-5-6-9-12-19-15-11-8-7-10-14(15)16(17(19)21)18-13(2)20/h7-8,10-11,16H,3-6,9,12H2,1-2H3,(H,18,20). The zero-order valence-electron chi connectivity index (χ0n) is 12.9. The molecule has 114 valence electrons. The van der Waals surface area contributed by atoms with Crippen molar-refractivity contribution in [1.29, 1.82) is 0 Å². The molecule has 0 fully saturated rings. The first-order valence-corrected chi connectivity index (χ1v) is 7.82. The summed E-state index contributed by atoms with van der Waals surface area (Å²) >= 11 is 0. The van der Waals surface area contributed by atoms with Crippen LogP contribution in [0.4, 0.5) is 5.69 Å². The molecule has 1 heterocycles. The average molecular weight is 288 g/mol. The molecule has 2 rings (SSSR count). The van der Waals surface area contributed by atoms with Gasteiger partial charge in [0.25, 0.3) is 5.91 Å². The van der Waals surface area contributed by atoms with Gasteiger partial charge < -0.3 is 10.2 Å². The van der Waals surface area contributed by atoms with Crippen LogP contribution in [0.2, 0.25) is 0 Å². The molecule has 0 saturated heterocycles. The van der Waals surface area contributed by atoms with Crippen molar-refractivity contribution >= 4 is 17.5 Å². The summed E-state index contributed by atoms with van der Waals surface area (Å²) < 4.78 is 0. The fourth-order valence-corrected chi connectivity index (χ4v) is 2.83. The minimum Gasteiger partial charge on any atom is -0.341 e. The maximum Gasteiger partial charge on any atom is 0.254 e. The molecule has 0 spiro atoms. The molecule has 1 aromatic carbocycles. The lowest BCUT2D eigenvalue weighted by molar-refractivity contribution is -0.126. The maximum absolute atomic E-state index is 12.5. The maximum atomic E-state index is 12.5. The van der Waals surface area contributed by atoms with Crippen molar-refractivity contribution in [2.45, 2.75) is 52.0 Å². The van der Waals surface area contributed by atoms with E-state index in [2.05, 4.69) is 12.2 Å². The number of anilines is 1. The van der Waals surface area contributed by atoms with E-state index in [-0.39, 0.29) is 11.8 Å². The number of hydrogen-bond acceptors (Lipinski definition) is 2. The third-order valence-corrected chi connectivity index (χ3v) is 3.88. The molecule has 0 radical (unpaired) electrons. The van der Waals surface area contributed by atoms with E-state index in [0.717, 1.165) is 30.6 Å². The summed E-state index contributed by atoms with van der Waals surface area (Å²) in [7, 11) is 0. The van der Waals surface area contributed by atoms with Gasteiger partial charge in [0.2, 0.25) is 5.91 Å². The Morgan fingerprint density at radius 3 is 2.62 bits per heavy atom. The highest BCUT2D eigenvalue weighted by atomic mass is 16.2. The van der Waals surface area contributed by atoms with E-state index in [9.17, 15) is 9.59 Å². The van der Waals surface area contributed by atoms with Crippen molar-refractivity contribution in [2.75, 3.05) is 11.4 Å². The molecule has 0 aliphatic carbocycles. The van der Waals surface area contributed by atoms with Gasteiger partial charge in [-0.25, -0.2) is 0 Å². The fraction of sp³-hybridized carbons (Fsp3) is 0.529. The van der Waals surface area contributed by atoms with Gasteiger partial charge in [-0.1, -0.05) is 50.8 Å². The monoisotopic (exact) mass is 288 g/mol. The Balaban J connectivity index is 2.05. The van der Waals surface area contributed by atoms with Crippen LogP contribution in [0.1, 0.15) is 57.6 Å². The van der Waals surface area contributed by atoms with Crippen LogP contribution < -0.4 is 10.2 Å². The predicted molar refractivity (Wildman–Crippen MR) is 84.1 cm³/mol. The Bertz CT molecular complexity index is 513. The van der Waals surface area contributed by atoms with Gasteiger partial charge in [-0.3, -0.25) is 9.59 Å². The number of unbranched alkanes of at least 4 members (excludes halogenated alkanes) is 4. The van der Waals surface area contributed by atoms with E-state index < -0.39 is 6.04 Å². The van der Waals surface area contributed by atoms with Gasteiger partial charge in [0.15, 0.2) is 0 Å². The van der Waals surface area contributed by atoms with Crippen LogP contribution in [-0.2, 0) is 9.59 Å². The minimum absolute atomic E-state index is 0.0121. The molecule has 1 unspecified atom stereocenters. The SMILES string of the molecule is CCCCCCCN1C(=O)C(NC(C)=O)c2ccccc21. The van der Waals surface area contributed by atoms with Crippen molar-refractivity contribution in [3.05, 3.63) is 29.8 Å². The average Bonchev–Trinajstić information content (AvgIpc) is 2.72. The van der Waals surface area contributed by atoms with Gasteiger partial charge in [-0.2, -0.15) is 0 Å². The van der Waals surface area contributed by atoms with E-state index in [0.29, 0.717) is 0 Å². The van der Waals surface area contributed by atoms with E-state index in [1.54, 1.807) is 0 Å². The minimum atomic E-state index is -0.519. The summed E-state index contributed by atoms with van der Waals surface area (Å²) in [6.07, 6.45) is 5.84. The van der Waals surface area contributed by atoms with Gasteiger partial charge in [-0.15, -0.1) is 0 Å². The molecule has 4 heteroatoms. The number of benzene rings is 1. The second kappa shape index (κ2) is 7.25. The largest absolute Gasteiger partial charge is 0.341 e. The molecule has 1 aliphatic heterocycles. The quantitative estimate of drug-likeness (QED) is 0.783. The van der Waals surface area contributed by atoms with Crippen LogP contribution >= 0.6 is 0 Å². The van der Waals surface area contributed by atoms with Crippen LogP contribution in [0.15, 0.2) is 24.3 Å². The lowest BCUT2D eigenvalue weighted by atomic mass is 10.1. The highest BCUT2D eigenvalue weighted by Gasteiger charge is 2.36. The molecular formula is C17H24N2O2. The van der Waals surface area contributed by atoms with Crippen LogP contribution in [-0.4, -0.2) is 18.4 Å². The molecule has 1 aliphatic rings. The van der Waals surface area contributed by atoms with E-state index >= 15 is 0 Å². The molecule has 4 nitrogen and oxygen atoms in total. The van der Waals surface area contributed by atoms with Gasteiger partial charge in [0.1, 0.15) is 6.04 Å². The molecular weight excluding hydrogens is 264 g/mol. The van der Waals surface area contributed by atoms with Crippen molar-refractivity contribution < 1.29 is 9.59 Å². The lowest BCUT2D eigenvalue weighted by Crippen LogP contribution is -2.37. The van der Waals surface area contributed by atoms with Crippen molar-refractivity contribution in [3.8, 4) is 0 Å². The van der Waals surface area contributed by atoms with Gasteiger partial charge >= 0.3 is 0 Å². The highest BCUT2D eigenvalue weighted by molar-refractivity contribution is 6.06. The number of nitrogens with one attached hydrogen (secondary N) is 1. The number of para-hydroxylation sites is 1. The number of amides is 2. The zero-order valence-corrected chi connectivity index (χ0v) is 12.9. The summed E-state index contributed by atoms with van der Waals surface area (Å²) in [4.78, 5) is 25.7. The molecule has 0 aromatic heterocycles. The summed E-state index contributed by atoms with van der Waals surface area (Å²) in [6, 6.07) is 7.21. The molecule has 0 bridgehead atoms. The summed E-state index contributed by atoms with van der Waals surface area (Å²) in [6.45, 7) is 4.37. The van der Waals surface area contributed by atoms with Crippen LogP contribution in [0.25, 0.3) is 0 Å². The van der Waals surface area contributed by atoms with Crippen LogP contribution in [0.5, 0.6) is 0 Å².